The number of aromatic nitrogens is 2. The fourth-order valence-electron chi connectivity index (χ4n) is 3.75. The van der Waals surface area contributed by atoms with Crippen molar-refractivity contribution < 1.29 is 28.5 Å². The Labute approximate surface area is 210 Å². The number of thiazole rings is 1. The van der Waals surface area contributed by atoms with Gasteiger partial charge < -0.3 is 23.7 Å². The molecule has 0 spiro atoms. The molecule has 3 rings (SSSR count). The molecule has 9 nitrogen and oxygen atoms in total. The molecular formula is C25H35N3O6S. The summed E-state index contributed by atoms with van der Waals surface area (Å²) in [5, 5.41) is 6.67. The highest BCUT2D eigenvalue weighted by Crippen LogP contribution is 2.45. The standard InChI is InChI=1S/C25H35N3O6S/c1-15(2)12-27(24(29)34-25(3,4)5)21-22(33-9)26-28-17(14-35-23(21)28)20-18(31-7)10-16(13-30-6)11-19(20)32-8/h10-11,14-15H,12-13H2,1-9H3. The molecule has 0 radical (unpaired) electrons. The van der Waals surface area contributed by atoms with E-state index in [0.29, 0.717) is 36.2 Å². The van der Waals surface area contributed by atoms with Crippen LogP contribution in [0.3, 0.4) is 0 Å². The molecule has 35 heavy (non-hydrogen) atoms. The maximum Gasteiger partial charge on any atom is 0.415 e. The molecule has 0 unspecified atom stereocenters. The number of carbonyl (C=O) groups is 1. The average molecular weight is 506 g/mol. The summed E-state index contributed by atoms with van der Waals surface area (Å²) in [7, 11) is 6.40. The zero-order valence-corrected chi connectivity index (χ0v) is 22.7. The maximum absolute atomic E-state index is 13.2. The van der Waals surface area contributed by atoms with Gasteiger partial charge in [-0.25, -0.2) is 9.31 Å². The predicted molar refractivity (Wildman–Crippen MR) is 137 cm³/mol. The lowest BCUT2D eigenvalue weighted by atomic mass is 10.1. The van der Waals surface area contributed by atoms with Crippen molar-refractivity contribution in [2.75, 3.05) is 39.9 Å². The Kier molecular flexibility index (Phi) is 8.17. The van der Waals surface area contributed by atoms with E-state index in [2.05, 4.69) is 0 Å². The summed E-state index contributed by atoms with van der Waals surface area (Å²) in [6.45, 7) is 10.5. The van der Waals surface area contributed by atoms with Gasteiger partial charge in [0.2, 0.25) is 0 Å². The van der Waals surface area contributed by atoms with Crippen molar-refractivity contribution in [1.82, 2.24) is 9.61 Å². The lowest BCUT2D eigenvalue weighted by Crippen LogP contribution is -2.39. The second-order valence-electron chi connectivity index (χ2n) is 9.49. The number of carbonyl (C=O) groups excluding carboxylic acids is 1. The lowest BCUT2D eigenvalue weighted by Gasteiger charge is -2.28. The Hall–Kier alpha value is -2.98. The molecule has 0 aliphatic rings. The smallest absolute Gasteiger partial charge is 0.415 e. The van der Waals surface area contributed by atoms with E-state index in [1.807, 2.05) is 52.1 Å². The Bertz CT molecular complexity index is 1150. The van der Waals surface area contributed by atoms with Crippen LogP contribution in [0.15, 0.2) is 17.5 Å². The van der Waals surface area contributed by atoms with Crippen LogP contribution in [0, 0.1) is 5.92 Å². The molecule has 0 aliphatic carbocycles. The van der Waals surface area contributed by atoms with Crippen molar-refractivity contribution in [3.05, 3.63) is 23.1 Å². The highest BCUT2D eigenvalue weighted by molar-refractivity contribution is 7.16. The number of nitrogens with zero attached hydrogens (tertiary/aromatic N) is 3. The van der Waals surface area contributed by atoms with E-state index in [1.54, 1.807) is 37.9 Å². The third kappa shape index (κ3) is 5.65. The van der Waals surface area contributed by atoms with E-state index < -0.39 is 11.7 Å². The number of hydrogen-bond acceptors (Lipinski definition) is 8. The van der Waals surface area contributed by atoms with Crippen LogP contribution in [0.2, 0.25) is 0 Å². The minimum atomic E-state index is -0.642. The first-order chi connectivity index (χ1) is 16.5. The van der Waals surface area contributed by atoms with E-state index in [-0.39, 0.29) is 5.92 Å². The Morgan fingerprint density at radius 2 is 1.71 bits per heavy atom. The molecule has 1 aromatic carbocycles. The molecule has 0 saturated heterocycles. The third-order valence-electron chi connectivity index (χ3n) is 5.06. The number of benzene rings is 1. The minimum Gasteiger partial charge on any atom is -0.496 e. The molecular weight excluding hydrogens is 470 g/mol. The highest BCUT2D eigenvalue weighted by atomic mass is 32.1. The van der Waals surface area contributed by atoms with Crippen LogP contribution in [-0.2, 0) is 16.1 Å². The van der Waals surface area contributed by atoms with Crippen molar-refractivity contribution in [1.29, 1.82) is 0 Å². The fraction of sp³-hybridized carbons (Fsp3) is 0.520. The van der Waals surface area contributed by atoms with Crippen molar-refractivity contribution in [2.24, 2.45) is 5.92 Å². The van der Waals surface area contributed by atoms with E-state index in [4.69, 9.17) is 28.8 Å². The fourth-order valence-corrected chi connectivity index (χ4v) is 4.74. The van der Waals surface area contributed by atoms with Gasteiger partial charge in [-0.2, -0.15) is 0 Å². The number of fused-ring (bicyclic) bond motifs is 1. The van der Waals surface area contributed by atoms with Gasteiger partial charge in [-0.3, -0.25) is 4.90 Å². The van der Waals surface area contributed by atoms with Gasteiger partial charge in [0.1, 0.15) is 27.6 Å². The number of rotatable bonds is 9. The SMILES string of the molecule is COCc1cc(OC)c(-c2csc3c(N(CC(C)C)C(=O)OC(C)(C)C)c(OC)nn23)c(OC)c1. The molecule has 0 bridgehead atoms. The van der Waals surface area contributed by atoms with Crippen molar-refractivity contribution >= 4 is 27.9 Å². The van der Waals surface area contributed by atoms with E-state index >= 15 is 0 Å². The van der Waals surface area contributed by atoms with Gasteiger partial charge in [0.25, 0.3) is 5.88 Å². The molecule has 0 aliphatic heterocycles. The Morgan fingerprint density at radius 1 is 1.09 bits per heavy atom. The van der Waals surface area contributed by atoms with Crippen LogP contribution in [0.1, 0.15) is 40.2 Å². The molecule has 2 aromatic heterocycles. The second kappa shape index (κ2) is 10.7. The molecule has 10 heteroatoms. The van der Waals surface area contributed by atoms with Crippen LogP contribution < -0.4 is 19.1 Å². The molecule has 0 N–H and O–H groups in total. The summed E-state index contributed by atoms with van der Waals surface area (Å²) < 4.78 is 29.8. The van der Waals surface area contributed by atoms with Crippen molar-refractivity contribution in [2.45, 2.75) is 46.8 Å². The van der Waals surface area contributed by atoms with Gasteiger partial charge in [0, 0.05) is 19.0 Å². The summed E-state index contributed by atoms with van der Waals surface area (Å²) in [6, 6.07) is 3.83. The van der Waals surface area contributed by atoms with Crippen LogP contribution in [0.5, 0.6) is 17.4 Å². The van der Waals surface area contributed by atoms with Crippen LogP contribution in [0.4, 0.5) is 10.5 Å². The quantitative estimate of drug-likeness (QED) is 0.372. The molecule has 0 saturated carbocycles. The zero-order chi connectivity index (χ0) is 25.9. The number of amides is 1. The summed E-state index contributed by atoms with van der Waals surface area (Å²) in [4.78, 5) is 15.6. The van der Waals surface area contributed by atoms with E-state index in [9.17, 15) is 4.79 Å². The average Bonchev–Trinajstić information content (AvgIpc) is 3.34. The number of hydrogen-bond donors (Lipinski definition) is 0. The van der Waals surface area contributed by atoms with Gasteiger partial charge in [0.05, 0.1) is 39.2 Å². The van der Waals surface area contributed by atoms with Gasteiger partial charge in [-0.1, -0.05) is 13.8 Å². The first-order valence-corrected chi connectivity index (χ1v) is 12.2. The molecule has 2 heterocycles. The first-order valence-electron chi connectivity index (χ1n) is 11.3. The monoisotopic (exact) mass is 505 g/mol. The lowest BCUT2D eigenvalue weighted by molar-refractivity contribution is 0.0575. The number of methoxy groups -OCH3 is 4. The highest BCUT2D eigenvalue weighted by Gasteiger charge is 2.32. The van der Waals surface area contributed by atoms with Crippen LogP contribution >= 0.6 is 11.3 Å². The van der Waals surface area contributed by atoms with E-state index in [1.165, 1.54) is 11.3 Å². The van der Waals surface area contributed by atoms with E-state index in [0.717, 1.165) is 21.7 Å². The van der Waals surface area contributed by atoms with Gasteiger partial charge in [0.15, 0.2) is 0 Å². The van der Waals surface area contributed by atoms with Crippen LogP contribution in [-0.4, -0.2) is 56.3 Å². The van der Waals surface area contributed by atoms with Gasteiger partial charge >= 0.3 is 6.09 Å². The topological polar surface area (TPSA) is 83.8 Å². The molecule has 1 amide bonds. The van der Waals surface area contributed by atoms with Gasteiger partial charge in [-0.05, 0) is 44.4 Å². The maximum atomic E-state index is 13.2. The Morgan fingerprint density at radius 3 is 2.20 bits per heavy atom. The largest absolute Gasteiger partial charge is 0.496 e. The molecule has 3 aromatic rings. The summed E-state index contributed by atoms with van der Waals surface area (Å²) >= 11 is 1.45. The number of ether oxygens (including phenoxy) is 5. The minimum absolute atomic E-state index is 0.190. The first kappa shape index (κ1) is 26.6. The normalized spacial score (nSPS) is 11.7. The predicted octanol–water partition coefficient (Wildman–Crippen LogP) is 5.63. The van der Waals surface area contributed by atoms with Crippen molar-refractivity contribution in [3.8, 4) is 28.6 Å². The van der Waals surface area contributed by atoms with Crippen molar-refractivity contribution in [3.63, 3.8) is 0 Å². The summed E-state index contributed by atoms with van der Waals surface area (Å²) in [5.74, 6) is 1.77. The molecule has 0 atom stereocenters. The summed E-state index contributed by atoms with van der Waals surface area (Å²) in [6.07, 6.45) is -0.451. The summed E-state index contributed by atoms with van der Waals surface area (Å²) in [5.41, 5.74) is 2.34. The number of anilines is 1. The molecule has 0 fully saturated rings. The third-order valence-corrected chi connectivity index (χ3v) is 5.99. The zero-order valence-electron chi connectivity index (χ0n) is 21.9. The second-order valence-corrected chi connectivity index (χ2v) is 10.3. The molecule has 192 valence electrons. The van der Waals surface area contributed by atoms with Gasteiger partial charge in [-0.15, -0.1) is 16.4 Å². The van der Waals surface area contributed by atoms with Crippen LogP contribution in [0.25, 0.3) is 16.1 Å². The Balaban J connectivity index is 2.23.